The highest BCUT2D eigenvalue weighted by Gasteiger charge is 2.32. The summed E-state index contributed by atoms with van der Waals surface area (Å²) in [5.41, 5.74) is 2.06. The second-order valence-corrected chi connectivity index (χ2v) is 9.19. The lowest BCUT2D eigenvalue weighted by Gasteiger charge is -2.36. The molecular weight excluding hydrogens is 430 g/mol. The van der Waals surface area contributed by atoms with Gasteiger partial charge in [0.1, 0.15) is 23.6 Å². The third-order valence-electron chi connectivity index (χ3n) is 6.06. The van der Waals surface area contributed by atoms with Crippen molar-refractivity contribution in [2.75, 3.05) is 47.9 Å². The molecule has 3 heterocycles. The largest absolute Gasteiger partial charge is 0.483 e. The van der Waals surface area contributed by atoms with Crippen LogP contribution in [-0.4, -0.2) is 54.3 Å². The standard InChI is InChI=1S/C26H29N5O3/c1-26(2)16-19-7-6-10-21(25(19)34-26)33-17-24(32)29-22-15-23(28-18-27-22)31-13-11-30(12-14-31)20-8-4-3-5-9-20/h3-10,15,18H,11-14,16-17H2,1-2H3,(H,27,28,29,32). The lowest BCUT2D eigenvalue weighted by Crippen LogP contribution is -2.46. The fourth-order valence-electron chi connectivity index (χ4n) is 4.44. The minimum Gasteiger partial charge on any atom is -0.483 e. The van der Waals surface area contributed by atoms with Crippen LogP contribution < -0.4 is 24.6 Å². The zero-order valence-corrected chi connectivity index (χ0v) is 19.5. The molecular formula is C26H29N5O3. The Morgan fingerprint density at radius 1 is 1.03 bits per heavy atom. The fraction of sp³-hybridized carbons (Fsp3) is 0.346. The molecule has 176 valence electrons. The Hall–Kier alpha value is -3.81. The maximum Gasteiger partial charge on any atom is 0.263 e. The molecule has 0 radical (unpaired) electrons. The summed E-state index contributed by atoms with van der Waals surface area (Å²) in [7, 11) is 0. The summed E-state index contributed by atoms with van der Waals surface area (Å²) in [5, 5.41) is 2.82. The van der Waals surface area contributed by atoms with Crippen LogP contribution in [0.2, 0.25) is 0 Å². The van der Waals surface area contributed by atoms with Gasteiger partial charge in [0.05, 0.1) is 0 Å². The van der Waals surface area contributed by atoms with Crippen LogP contribution in [0.15, 0.2) is 60.9 Å². The van der Waals surface area contributed by atoms with Gasteiger partial charge < -0.3 is 24.6 Å². The van der Waals surface area contributed by atoms with Crippen molar-refractivity contribution < 1.29 is 14.3 Å². The van der Waals surface area contributed by atoms with Crippen LogP contribution in [-0.2, 0) is 11.2 Å². The van der Waals surface area contributed by atoms with Crippen molar-refractivity contribution in [3.63, 3.8) is 0 Å². The molecule has 0 aliphatic carbocycles. The first-order valence-corrected chi connectivity index (χ1v) is 11.6. The molecule has 2 aromatic carbocycles. The van der Waals surface area contributed by atoms with Crippen LogP contribution in [0, 0.1) is 0 Å². The van der Waals surface area contributed by atoms with Gasteiger partial charge in [0.2, 0.25) is 0 Å². The van der Waals surface area contributed by atoms with Gasteiger partial charge in [0, 0.05) is 49.9 Å². The Kier molecular flexibility index (Phi) is 5.96. The van der Waals surface area contributed by atoms with E-state index >= 15 is 0 Å². The highest BCUT2D eigenvalue weighted by atomic mass is 16.5. The lowest BCUT2D eigenvalue weighted by molar-refractivity contribution is -0.118. The molecule has 0 saturated carbocycles. The van der Waals surface area contributed by atoms with E-state index in [4.69, 9.17) is 9.47 Å². The van der Waals surface area contributed by atoms with Crippen molar-refractivity contribution in [2.24, 2.45) is 0 Å². The van der Waals surface area contributed by atoms with Crippen LogP contribution in [0.4, 0.5) is 17.3 Å². The van der Waals surface area contributed by atoms with Crippen molar-refractivity contribution in [1.29, 1.82) is 0 Å². The predicted octanol–water partition coefficient (Wildman–Crippen LogP) is 3.53. The summed E-state index contributed by atoms with van der Waals surface area (Å²) in [6, 6.07) is 18.0. The number of rotatable bonds is 6. The minimum atomic E-state index is -0.284. The topological polar surface area (TPSA) is 79.8 Å². The van der Waals surface area contributed by atoms with E-state index in [2.05, 4.69) is 49.4 Å². The zero-order chi connectivity index (χ0) is 23.5. The van der Waals surface area contributed by atoms with E-state index in [0.717, 1.165) is 49.7 Å². The zero-order valence-electron chi connectivity index (χ0n) is 19.5. The van der Waals surface area contributed by atoms with E-state index < -0.39 is 0 Å². The van der Waals surface area contributed by atoms with E-state index in [1.54, 1.807) is 0 Å². The van der Waals surface area contributed by atoms with Crippen LogP contribution in [0.3, 0.4) is 0 Å². The van der Waals surface area contributed by atoms with Gasteiger partial charge in [-0.05, 0) is 32.0 Å². The van der Waals surface area contributed by atoms with E-state index in [1.807, 2.05) is 44.2 Å². The second kappa shape index (κ2) is 9.21. The average Bonchev–Trinajstić information content (AvgIpc) is 3.18. The number of hydrogen-bond donors (Lipinski definition) is 1. The number of hydrogen-bond acceptors (Lipinski definition) is 7. The van der Waals surface area contributed by atoms with Crippen LogP contribution in [0.5, 0.6) is 11.5 Å². The molecule has 0 bridgehead atoms. The smallest absolute Gasteiger partial charge is 0.263 e. The quantitative estimate of drug-likeness (QED) is 0.604. The number of benzene rings is 2. The van der Waals surface area contributed by atoms with E-state index in [-0.39, 0.29) is 18.1 Å². The van der Waals surface area contributed by atoms with Gasteiger partial charge in [-0.25, -0.2) is 9.97 Å². The van der Waals surface area contributed by atoms with Gasteiger partial charge in [0.25, 0.3) is 5.91 Å². The molecule has 1 amide bonds. The van der Waals surface area contributed by atoms with Crippen LogP contribution >= 0.6 is 0 Å². The second-order valence-electron chi connectivity index (χ2n) is 9.19. The van der Waals surface area contributed by atoms with E-state index in [0.29, 0.717) is 11.6 Å². The summed E-state index contributed by atoms with van der Waals surface area (Å²) in [6.07, 6.45) is 2.30. The Balaban J connectivity index is 1.16. The van der Waals surface area contributed by atoms with Crippen molar-refractivity contribution >= 4 is 23.2 Å². The summed E-state index contributed by atoms with van der Waals surface area (Å²) in [5.74, 6) is 2.28. The van der Waals surface area contributed by atoms with Gasteiger partial charge in [-0.15, -0.1) is 0 Å². The molecule has 1 aromatic heterocycles. The SMILES string of the molecule is CC1(C)Cc2cccc(OCC(=O)Nc3cc(N4CCN(c5ccccc5)CC4)ncn3)c2O1. The lowest BCUT2D eigenvalue weighted by atomic mass is 10.0. The molecule has 8 heteroatoms. The number of amides is 1. The monoisotopic (exact) mass is 459 g/mol. The summed E-state index contributed by atoms with van der Waals surface area (Å²) in [4.78, 5) is 25.7. The van der Waals surface area contributed by atoms with Crippen molar-refractivity contribution in [3.05, 3.63) is 66.5 Å². The molecule has 2 aliphatic heterocycles. The third kappa shape index (κ3) is 4.90. The highest BCUT2D eigenvalue weighted by molar-refractivity contribution is 5.91. The molecule has 1 N–H and O–H groups in total. The summed E-state index contributed by atoms with van der Waals surface area (Å²) >= 11 is 0. The molecule has 2 aliphatic rings. The Labute approximate surface area is 199 Å². The first kappa shape index (κ1) is 22.0. The molecule has 0 spiro atoms. The number of aromatic nitrogens is 2. The molecule has 8 nitrogen and oxygen atoms in total. The van der Waals surface area contributed by atoms with Gasteiger partial charge >= 0.3 is 0 Å². The maximum atomic E-state index is 12.5. The van der Waals surface area contributed by atoms with Gasteiger partial charge in [-0.3, -0.25) is 4.79 Å². The average molecular weight is 460 g/mol. The molecule has 1 saturated heterocycles. The van der Waals surface area contributed by atoms with Crippen molar-refractivity contribution in [2.45, 2.75) is 25.9 Å². The number of carbonyl (C=O) groups excluding carboxylic acids is 1. The van der Waals surface area contributed by atoms with E-state index in [9.17, 15) is 4.79 Å². The number of anilines is 3. The maximum absolute atomic E-state index is 12.5. The number of fused-ring (bicyclic) bond motifs is 1. The van der Waals surface area contributed by atoms with Crippen LogP contribution in [0.1, 0.15) is 19.4 Å². The number of ether oxygens (including phenoxy) is 2. The Bertz CT molecular complexity index is 1160. The number of carbonyl (C=O) groups is 1. The van der Waals surface area contributed by atoms with Gasteiger partial charge in [-0.1, -0.05) is 30.3 Å². The van der Waals surface area contributed by atoms with Crippen LogP contribution in [0.25, 0.3) is 0 Å². The normalized spacial score (nSPS) is 16.5. The molecule has 34 heavy (non-hydrogen) atoms. The summed E-state index contributed by atoms with van der Waals surface area (Å²) in [6.45, 7) is 7.45. The molecule has 1 fully saturated rings. The number of nitrogens with one attached hydrogen (secondary N) is 1. The molecule has 0 atom stereocenters. The van der Waals surface area contributed by atoms with Crippen molar-refractivity contribution in [3.8, 4) is 11.5 Å². The summed E-state index contributed by atoms with van der Waals surface area (Å²) < 4.78 is 11.8. The molecule has 3 aromatic rings. The Morgan fingerprint density at radius 2 is 1.79 bits per heavy atom. The number of piperazine rings is 1. The minimum absolute atomic E-state index is 0.130. The number of nitrogens with zero attached hydrogens (tertiary/aromatic N) is 4. The van der Waals surface area contributed by atoms with Crippen molar-refractivity contribution in [1.82, 2.24) is 9.97 Å². The fourth-order valence-corrected chi connectivity index (χ4v) is 4.44. The number of para-hydroxylation sites is 2. The first-order valence-electron chi connectivity index (χ1n) is 11.6. The van der Waals surface area contributed by atoms with Gasteiger partial charge in [0.15, 0.2) is 18.1 Å². The predicted molar refractivity (Wildman–Crippen MR) is 132 cm³/mol. The Morgan fingerprint density at radius 3 is 2.59 bits per heavy atom. The van der Waals surface area contributed by atoms with Gasteiger partial charge in [-0.2, -0.15) is 0 Å². The van der Waals surface area contributed by atoms with E-state index in [1.165, 1.54) is 12.0 Å². The molecule has 5 rings (SSSR count). The first-order chi connectivity index (χ1) is 16.5. The molecule has 0 unspecified atom stereocenters. The third-order valence-corrected chi connectivity index (χ3v) is 6.06. The highest BCUT2D eigenvalue weighted by Crippen LogP contribution is 2.41.